The first kappa shape index (κ1) is 17.9. The molecule has 3 aromatic rings. The van der Waals surface area contributed by atoms with Gasteiger partial charge in [0, 0.05) is 24.4 Å². The minimum absolute atomic E-state index is 0.179. The van der Waals surface area contributed by atoms with Crippen LogP contribution in [0.2, 0.25) is 0 Å². The average molecular weight is 384 g/mol. The molecule has 1 unspecified atom stereocenters. The Hall–Kier alpha value is -3.53. The van der Waals surface area contributed by atoms with Crippen LogP contribution >= 0.6 is 0 Å². The first-order valence-electron chi connectivity index (χ1n) is 8.52. The van der Waals surface area contributed by atoms with E-state index < -0.39 is 18.0 Å². The number of amides is 1. The fourth-order valence-corrected chi connectivity index (χ4v) is 2.89. The molecule has 144 valence electrons. The molecule has 28 heavy (non-hydrogen) atoms. The molecule has 4 rings (SSSR count). The minimum Gasteiger partial charge on any atom is -0.441 e. The van der Waals surface area contributed by atoms with Crippen LogP contribution in [0.5, 0.6) is 0 Å². The van der Waals surface area contributed by atoms with E-state index in [1.54, 1.807) is 43.7 Å². The van der Waals surface area contributed by atoms with Crippen molar-refractivity contribution in [2.45, 2.75) is 6.10 Å². The zero-order valence-electron chi connectivity index (χ0n) is 14.9. The molecule has 0 bridgehead atoms. The molecule has 1 saturated heterocycles. The molecule has 1 aromatic carbocycles. The lowest BCUT2D eigenvalue weighted by Gasteiger charge is -2.14. The highest BCUT2D eigenvalue weighted by molar-refractivity contribution is 5.90. The average Bonchev–Trinajstić information content (AvgIpc) is 3.27. The van der Waals surface area contributed by atoms with Gasteiger partial charge < -0.3 is 15.2 Å². The quantitative estimate of drug-likeness (QED) is 0.694. The SMILES string of the molecule is Cn1ncc(Nc2ccc(-c3ccc(N4CC(CO)OC4=O)cc3F)cn2)n1. The molecule has 9 nitrogen and oxygen atoms in total. The Labute approximate surface area is 159 Å². The van der Waals surface area contributed by atoms with Gasteiger partial charge in [-0.15, -0.1) is 5.10 Å². The summed E-state index contributed by atoms with van der Waals surface area (Å²) in [4.78, 5) is 18.8. The number of nitrogens with zero attached hydrogens (tertiary/aromatic N) is 5. The van der Waals surface area contributed by atoms with Crippen LogP contribution in [0.1, 0.15) is 0 Å². The summed E-state index contributed by atoms with van der Waals surface area (Å²) < 4.78 is 19.6. The maximum Gasteiger partial charge on any atom is 0.414 e. The number of nitrogens with one attached hydrogen (secondary N) is 1. The maximum absolute atomic E-state index is 14.7. The van der Waals surface area contributed by atoms with E-state index in [4.69, 9.17) is 9.84 Å². The topological polar surface area (TPSA) is 105 Å². The van der Waals surface area contributed by atoms with Gasteiger partial charge in [0.2, 0.25) is 0 Å². The van der Waals surface area contributed by atoms with Crippen molar-refractivity contribution in [3.63, 3.8) is 0 Å². The number of carbonyl (C=O) groups excluding carboxylic acids is 1. The van der Waals surface area contributed by atoms with Gasteiger partial charge in [-0.2, -0.15) is 9.90 Å². The van der Waals surface area contributed by atoms with Crippen LogP contribution in [0.15, 0.2) is 42.7 Å². The molecule has 3 heterocycles. The predicted octanol–water partition coefficient (Wildman–Crippen LogP) is 2.08. The van der Waals surface area contributed by atoms with Crippen molar-refractivity contribution in [2.24, 2.45) is 7.05 Å². The second-order valence-corrected chi connectivity index (χ2v) is 6.24. The van der Waals surface area contributed by atoms with Crippen LogP contribution in [0, 0.1) is 5.82 Å². The Bertz CT molecular complexity index is 1010. The second-order valence-electron chi connectivity index (χ2n) is 6.24. The van der Waals surface area contributed by atoms with Gasteiger partial charge >= 0.3 is 6.09 Å². The Morgan fingerprint density at radius 2 is 2.14 bits per heavy atom. The summed E-state index contributed by atoms with van der Waals surface area (Å²) in [5, 5.41) is 20.2. The number of pyridine rings is 1. The van der Waals surface area contributed by atoms with Gasteiger partial charge in [0.25, 0.3) is 0 Å². The first-order valence-corrected chi connectivity index (χ1v) is 8.52. The molecule has 1 aliphatic rings. The number of carbonyl (C=O) groups is 1. The van der Waals surface area contributed by atoms with Crippen molar-refractivity contribution in [3.8, 4) is 11.1 Å². The van der Waals surface area contributed by atoms with Crippen LogP contribution in [0.3, 0.4) is 0 Å². The van der Waals surface area contributed by atoms with Gasteiger partial charge in [-0.25, -0.2) is 14.2 Å². The van der Waals surface area contributed by atoms with Crippen molar-refractivity contribution in [1.29, 1.82) is 0 Å². The van der Waals surface area contributed by atoms with Crippen LogP contribution in [-0.4, -0.2) is 50.4 Å². The molecule has 0 aliphatic carbocycles. The third-order valence-electron chi connectivity index (χ3n) is 4.27. The summed E-state index contributed by atoms with van der Waals surface area (Å²) in [5.41, 5.74) is 1.32. The van der Waals surface area contributed by atoms with Gasteiger partial charge in [-0.3, -0.25) is 4.90 Å². The maximum atomic E-state index is 14.7. The molecular weight excluding hydrogens is 367 g/mol. The van der Waals surface area contributed by atoms with Crippen molar-refractivity contribution in [1.82, 2.24) is 20.0 Å². The standard InChI is InChI=1S/C18H17FN6O3/c1-24-21-8-17(23-24)22-16-5-2-11(7-20-16)14-4-3-12(6-15(14)19)25-9-13(10-26)28-18(25)27/h2-8,13,26H,9-10H2,1H3,(H,20,22,23). The number of rotatable bonds is 5. The smallest absolute Gasteiger partial charge is 0.414 e. The molecule has 0 saturated carbocycles. The van der Waals surface area contributed by atoms with Crippen molar-refractivity contribution in [2.75, 3.05) is 23.4 Å². The number of anilines is 3. The van der Waals surface area contributed by atoms with Crippen molar-refractivity contribution in [3.05, 3.63) is 48.5 Å². The molecule has 2 N–H and O–H groups in total. The summed E-state index contributed by atoms with van der Waals surface area (Å²) in [6.07, 6.45) is 1.91. The van der Waals surface area contributed by atoms with E-state index in [-0.39, 0.29) is 13.2 Å². The number of aromatic nitrogens is 4. The lowest BCUT2D eigenvalue weighted by Crippen LogP contribution is -2.25. The van der Waals surface area contributed by atoms with Gasteiger partial charge in [-0.05, 0) is 30.3 Å². The molecular formula is C18H17FN6O3. The van der Waals surface area contributed by atoms with E-state index in [2.05, 4.69) is 20.5 Å². The number of ether oxygens (including phenoxy) is 1. The van der Waals surface area contributed by atoms with Crippen LogP contribution < -0.4 is 10.2 Å². The van der Waals surface area contributed by atoms with Gasteiger partial charge in [0.15, 0.2) is 5.82 Å². The number of aliphatic hydroxyl groups excluding tert-OH is 1. The van der Waals surface area contributed by atoms with Gasteiger partial charge in [0.05, 0.1) is 25.0 Å². The molecule has 1 fully saturated rings. The lowest BCUT2D eigenvalue weighted by atomic mass is 10.1. The predicted molar refractivity (Wildman–Crippen MR) is 98.6 cm³/mol. The molecule has 1 amide bonds. The number of halogens is 1. The lowest BCUT2D eigenvalue weighted by molar-refractivity contribution is 0.0963. The number of hydrogen-bond acceptors (Lipinski definition) is 7. The van der Waals surface area contributed by atoms with Gasteiger partial charge in [0.1, 0.15) is 17.7 Å². The first-order chi connectivity index (χ1) is 13.5. The number of aliphatic hydroxyl groups is 1. The number of cyclic esters (lactones) is 1. The van der Waals surface area contributed by atoms with E-state index in [1.807, 2.05) is 0 Å². The fourth-order valence-electron chi connectivity index (χ4n) is 2.89. The highest BCUT2D eigenvalue weighted by Gasteiger charge is 2.32. The van der Waals surface area contributed by atoms with E-state index in [0.717, 1.165) is 0 Å². The third kappa shape index (κ3) is 3.49. The van der Waals surface area contributed by atoms with Crippen LogP contribution in [-0.2, 0) is 11.8 Å². The van der Waals surface area contributed by atoms with Crippen LogP contribution in [0.4, 0.5) is 26.5 Å². The van der Waals surface area contributed by atoms with E-state index in [1.165, 1.54) is 15.8 Å². The molecule has 10 heteroatoms. The monoisotopic (exact) mass is 384 g/mol. The molecule has 2 aromatic heterocycles. The van der Waals surface area contributed by atoms with E-state index >= 15 is 0 Å². The minimum atomic E-state index is -0.604. The van der Waals surface area contributed by atoms with Gasteiger partial charge in [-0.1, -0.05) is 0 Å². The van der Waals surface area contributed by atoms with E-state index in [0.29, 0.717) is 28.5 Å². The largest absolute Gasteiger partial charge is 0.441 e. The number of aryl methyl sites for hydroxylation is 1. The Morgan fingerprint density at radius 3 is 2.75 bits per heavy atom. The zero-order chi connectivity index (χ0) is 19.7. The Kier molecular flexibility index (Phi) is 4.62. The molecule has 1 atom stereocenters. The summed E-state index contributed by atoms with van der Waals surface area (Å²) in [6.45, 7) is -0.0954. The molecule has 0 radical (unpaired) electrons. The number of benzene rings is 1. The van der Waals surface area contributed by atoms with Crippen LogP contribution in [0.25, 0.3) is 11.1 Å². The molecule has 1 aliphatic heterocycles. The van der Waals surface area contributed by atoms with E-state index in [9.17, 15) is 9.18 Å². The number of hydrogen-bond donors (Lipinski definition) is 2. The highest BCUT2D eigenvalue weighted by Crippen LogP contribution is 2.29. The van der Waals surface area contributed by atoms with Crippen molar-refractivity contribution >= 4 is 23.4 Å². The summed E-state index contributed by atoms with van der Waals surface area (Å²) in [5.74, 6) is 0.613. The summed E-state index contributed by atoms with van der Waals surface area (Å²) in [7, 11) is 1.71. The summed E-state index contributed by atoms with van der Waals surface area (Å²) in [6, 6.07) is 7.92. The Morgan fingerprint density at radius 1 is 1.29 bits per heavy atom. The highest BCUT2D eigenvalue weighted by atomic mass is 19.1. The van der Waals surface area contributed by atoms with Crippen molar-refractivity contribution < 1.29 is 19.0 Å². The zero-order valence-corrected chi connectivity index (χ0v) is 14.9. The molecule has 0 spiro atoms. The summed E-state index contributed by atoms with van der Waals surface area (Å²) >= 11 is 0. The normalized spacial score (nSPS) is 16.3. The fraction of sp³-hybridized carbons (Fsp3) is 0.222. The Balaban J connectivity index is 1.52. The second kappa shape index (κ2) is 7.24. The third-order valence-corrected chi connectivity index (χ3v) is 4.27.